The van der Waals surface area contributed by atoms with Gasteiger partial charge >= 0.3 is 11.9 Å². The van der Waals surface area contributed by atoms with Crippen LogP contribution in [0.1, 0.15) is 20.3 Å². The molecule has 16 heavy (non-hydrogen) atoms. The summed E-state index contributed by atoms with van der Waals surface area (Å²) >= 11 is 0. The highest BCUT2D eigenvalue weighted by molar-refractivity contribution is 5.66. The molecule has 0 aliphatic heterocycles. The van der Waals surface area contributed by atoms with Gasteiger partial charge in [0.05, 0.1) is 5.92 Å². The highest BCUT2D eigenvalue weighted by atomic mass is 19.1. The molecule has 0 unspecified atom stereocenters. The normalized spacial score (nSPS) is 33.5. The van der Waals surface area contributed by atoms with Gasteiger partial charge in [-0.05, 0) is 0 Å². The number of carbonyl (C=O) groups excluding carboxylic acids is 2. The Hall–Kier alpha value is -1.17. The minimum absolute atomic E-state index is 0.109. The molecule has 0 aromatic heterocycles. The third-order valence-electron chi connectivity index (χ3n) is 2.60. The SMILES string of the molecule is CC(=O)OC[C@H]1[C@H](F)[C@@H](N)C[C@H]1OC(C)=O. The first-order valence-corrected chi connectivity index (χ1v) is 5.12. The van der Waals surface area contributed by atoms with Crippen LogP contribution in [0.15, 0.2) is 0 Å². The number of esters is 2. The van der Waals surface area contributed by atoms with E-state index in [1.54, 1.807) is 0 Å². The summed E-state index contributed by atoms with van der Waals surface area (Å²) in [6.07, 6.45) is -1.67. The molecule has 1 rings (SSSR count). The molecule has 1 saturated carbocycles. The average Bonchev–Trinajstić information content (AvgIpc) is 2.39. The predicted octanol–water partition coefficient (Wildman–Crippen LogP) is 0.166. The monoisotopic (exact) mass is 233 g/mol. The molecule has 0 aromatic rings. The van der Waals surface area contributed by atoms with Gasteiger partial charge in [0.2, 0.25) is 0 Å². The molecular weight excluding hydrogens is 217 g/mol. The summed E-state index contributed by atoms with van der Waals surface area (Å²) in [5, 5.41) is 0. The van der Waals surface area contributed by atoms with Crippen molar-refractivity contribution in [1.29, 1.82) is 0 Å². The van der Waals surface area contributed by atoms with Gasteiger partial charge in [-0.2, -0.15) is 0 Å². The van der Waals surface area contributed by atoms with Gasteiger partial charge in [0.15, 0.2) is 0 Å². The van der Waals surface area contributed by atoms with E-state index in [0.29, 0.717) is 0 Å². The first-order valence-electron chi connectivity index (χ1n) is 5.12. The Morgan fingerprint density at radius 3 is 2.50 bits per heavy atom. The van der Waals surface area contributed by atoms with E-state index in [1.165, 1.54) is 13.8 Å². The number of hydrogen-bond donors (Lipinski definition) is 1. The lowest BCUT2D eigenvalue weighted by Gasteiger charge is -2.20. The standard InChI is InChI=1S/C10H16FNO4/c1-5(13)15-4-7-9(16-6(2)14)3-8(12)10(7)11/h7-10H,3-4,12H2,1-2H3/t7-,8+,9-,10+/m1/s1. The summed E-state index contributed by atoms with van der Waals surface area (Å²) < 4.78 is 23.3. The molecule has 0 bridgehead atoms. The molecule has 1 aliphatic rings. The lowest BCUT2D eigenvalue weighted by Crippen LogP contribution is -2.33. The summed E-state index contributed by atoms with van der Waals surface area (Å²) in [5.41, 5.74) is 5.53. The third-order valence-corrected chi connectivity index (χ3v) is 2.60. The van der Waals surface area contributed by atoms with Crippen LogP contribution in [0.2, 0.25) is 0 Å². The number of carbonyl (C=O) groups is 2. The van der Waals surface area contributed by atoms with Crippen molar-refractivity contribution in [2.45, 2.75) is 38.6 Å². The van der Waals surface area contributed by atoms with E-state index in [9.17, 15) is 14.0 Å². The minimum Gasteiger partial charge on any atom is -0.465 e. The van der Waals surface area contributed by atoms with Crippen molar-refractivity contribution in [2.75, 3.05) is 6.61 Å². The van der Waals surface area contributed by atoms with Crippen LogP contribution < -0.4 is 5.73 Å². The zero-order chi connectivity index (χ0) is 12.3. The molecule has 1 fully saturated rings. The predicted molar refractivity (Wildman–Crippen MR) is 53.2 cm³/mol. The third kappa shape index (κ3) is 3.16. The second-order valence-electron chi connectivity index (χ2n) is 3.96. The highest BCUT2D eigenvalue weighted by Crippen LogP contribution is 2.31. The summed E-state index contributed by atoms with van der Waals surface area (Å²) in [6.45, 7) is 2.38. The van der Waals surface area contributed by atoms with Crippen molar-refractivity contribution in [3.05, 3.63) is 0 Å². The van der Waals surface area contributed by atoms with Gasteiger partial charge in [-0.15, -0.1) is 0 Å². The molecule has 1 aliphatic carbocycles. The summed E-state index contributed by atoms with van der Waals surface area (Å²) in [7, 11) is 0. The molecular formula is C10H16FNO4. The second-order valence-corrected chi connectivity index (χ2v) is 3.96. The lowest BCUT2D eigenvalue weighted by atomic mass is 10.1. The second kappa shape index (κ2) is 5.25. The van der Waals surface area contributed by atoms with E-state index >= 15 is 0 Å². The van der Waals surface area contributed by atoms with E-state index in [-0.39, 0.29) is 13.0 Å². The summed E-state index contributed by atoms with van der Waals surface area (Å²) in [5.74, 6) is -1.64. The Balaban J connectivity index is 2.59. The maximum absolute atomic E-state index is 13.6. The lowest BCUT2D eigenvalue weighted by molar-refractivity contribution is -0.152. The van der Waals surface area contributed by atoms with Crippen molar-refractivity contribution < 1.29 is 23.5 Å². The molecule has 0 saturated heterocycles. The number of alkyl halides is 1. The highest BCUT2D eigenvalue weighted by Gasteiger charge is 2.44. The topological polar surface area (TPSA) is 78.6 Å². The number of rotatable bonds is 3. The molecule has 5 nitrogen and oxygen atoms in total. The Bertz CT molecular complexity index is 284. The molecule has 92 valence electrons. The molecule has 0 heterocycles. The van der Waals surface area contributed by atoms with E-state index < -0.39 is 36.2 Å². The van der Waals surface area contributed by atoms with Gasteiger partial charge in [-0.25, -0.2) is 4.39 Å². The Morgan fingerprint density at radius 1 is 1.38 bits per heavy atom. The Morgan fingerprint density at radius 2 is 2.00 bits per heavy atom. The number of nitrogens with two attached hydrogens (primary N) is 1. The zero-order valence-corrected chi connectivity index (χ0v) is 9.31. The maximum Gasteiger partial charge on any atom is 0.302 e. The molecule has 0 aromatic carbocycles. The van der Waals surface area contributed by atoms with Crippen LogP contribution in [0.3, 0.4) is 0 Å². The van der Waals surface area contributed by atoms with E-state index in [4.69, 9.17) is 15.2 Å². The zero-order valence-electron chi connectivity index (χ0n) is 9.31. The van der Waals surface area contributed by atoms with Gasteiger partial charge in [0.1, 0.15) is 18.9 Å². The van der Waals surface area contributed by atoms with Gasteiger partial charge in [-0.3, -0.25) is 9.59 Å². The Kier molecular flexibility index (Phi) is 4.23. The Labute approximate surface area is 93.1 Å². The first-order chi connectivity index (χ1) is 7.41. The van der Waals surface area contributed by atoms with Crippen molar-refractivity contribution in [3.8, 4) is 0 Å². The molecule has 0 amide bonds. The van der Waals surface area contributed by atoms with Crippen LogP contribution in [-0.2, 0) is 19.1 Å². The van der Waals surface area contributed by atoms with Crippen LogP contribution in [0.5, 0.6) is 0 Å². The fourth-order valence-corrected chi connectivity index (χ4v) is 1.86. The smallest absolute Gasteiger partial charge is 0.302 e. The fourth-order valence-electron chi connectivity index (χ4n) is 1.86. The van der Waals surface area contributed by atoms with Crippen LogP contribution in [0.4, 0.5) is 4.39 Å². The summed E-state index contributed by atoms with van der Waals surface area (Å²) in [6, 6.07) is -0.676. The largest absolute Gasteiger partial charge is 0.465 e. The maximum atomic E-state index is 13.6. The molecule has 0 spiro atoms. The average molecular weight is 233 g/mol. The molecule has 2 N–H and O–H groups in total. The van der Waals surface area contributed by atoms with E-state index in [2.05, 4.69) is 0 Å². The number of ether oxygens (including phenoxy) is 2. The number of hydrogen-bond acceptors (Lipinski definition) is 5. The van der Waals surface area contributed by atoms with Gasteiger partial charge in [-0.1, -0.05) is 0 Å². The van der Waals surface area contributed by atoms with Crippen molar-refractivity contribution in [1.82, 2.24) is 0 Å². The summed E-state index contributed by atoms with van der Waals surface area (Å²) in [4.78, 5) is 21.4. The molecule has 0 radical (unpaired) electrons. The van der Waals surface area contributed by atoms with Crippen LogP contribution in [0.25, 0.3) is 0 Å². The fraction of sp³-hybridized carbons (Fsp3) is 0.800. The first kappa shape index (κ1) is 12.9. The molecule has 4 atom stereocenters. The van der Waals surface area contributed by atoms with Crippen molar-refractivity contribution in [3.63, 3.8) is 0 Å². The van der Waals surface area contributed by atoms with Crippen LogP contribution in [-0.4, -0.2) is 36.9 Å². The van der Waals surface area contributed by atoms with Gasteiger partial charge < -0.3 is 15.2 Å². The minimum atomic E-state index is -1.32. The van der Waals surface area contributed by atoms with E-state index in [0.717, 1.165) is 0 Å². The van der Waals surface area contributed by atoms with Crippen LogP contribution >= 0.6 is 0 Å². The van der Waals surface area contributed by atoms with Crippen molar-refractivity contribution >= 4 is 11.9 Å². The van der Waals surface area contributed by atoms with Gasteiger partial charge in [0.25, 0.3) is 0 Å². The molecule has 6 heteroatoms. The van der Waals surface area contributed by atoms with Gasteiger partial charge in [0, 0.05) is 26.3 Å². The van der Waals surface area contributed by atoms with Crippen molar-refractivity contribution in [2.24, 2.45) is 11.7 Å². The van der Waals surface area contributed by atoms with Crippen LogP contribution in [0, 0.1) is 5.92 Å². The quantitative estimate of drug-likeness (QED) is 0.703. The number of halogens is 1. The van der Waals surface area contributed by atoms with E-state index in [1.807, 2.05) is 0 Å².